The Labute approximate surface area is 237 Å². The summed E-state index contributed by atoms with van der Waals surface area (Å²) < 4.78 is 15.6. The van der Waals surface area contributed by atoms with Gasteiger partial charge >= 0.3 is 0 Å². The second kappa shape index (κ2) is 10.7. The lowest BCUT2D eigenvalue weighted by atomic mass is 10.1. The van der Waals surface area contributed by atoms with E-state index in [1.54, 1.807) is 10.9 Å². The van der Waals surface area contributed by atoms with Crippen molar-refractivity contribution >= 4 is 28.3 Å². The smallest absolute Gasteiger partial charge is 0.255 e. The predicted octanol–water partition coefficient (Wildman–Crippen LogP) is 5.33. The fourth-order valence-corrected chi connectivity index (χ4v) is 5.57. The first-order chi connectivity index (χ1) is 20.1. The Balaban J connectivity index is 1.04. The van der Waals surface area contributed by atoms with Crippen molar-refractivity contribution in [3.8, 4) is 16.9 Å². The Morgan fingerprint density at radius 2 is 2.02 bits per heavy atom. The van der Waals surface area contributed by atoms with Gasteiger partial charge in [-0.05, 0) is 55.2 Å². The first-order valence-electron chi connectivity index (χ1n) is 14.0. The summed E-state index contributed by atoms with van der Waals surface area (Å²) in [7, 11) is 1.88. The van der Waals surface area contributed by atoms with Crippen molar-refractivity contribution in [1.82, 2.24) is 24.5 Å². The number of fused-ring (bicyclic) bond motifs is 2. The van der Waals surface area contributed by atoms with Crippen LogP contribution < -0.4 is 15.4 Å². The molecular formula is C31H31N7O3. The third-order valence-electron chi connectivity index (χ3n) is 7.74. The molecule has 10 heteroatoms. The van der Waals surface area contributed by atoms with Gasteiger partial charge < -0.3 is 20.1 Å². The maximum absolute atomic E-state index is 12.9. The number of aryl methyl sites for hydroxylation is 1. The topological polar surface area (TPSA) is 108 Å². The minimum Gasteiger partial charge on any atom is -0.492 e. The maximum Gasteiger partial charge on any atom is 0.255 e. The Morgan fingerprint density at radius 3 is 2.93 bits per heavy atom. The van der Waals surface area contributed by atoms with E-state index in [9.17, 15) is 4.79 Å². The van der Waals surface area contributed by atoms with E-state index in [0.717, 1.165) is 82.7 Å². The standard InChI is InChI=1S/C31H31N7O3/c1-37-27-9-8-21(14-22(27)16-34-37)31(39)36-24-6-4-5-20(13-24)15-32-30-25-10-12-41-29(25)26(18-33-30)23-17-35-38(19-23)28-7-2-3-11-40-28/h4-6,8-9,13-14,16-19,28H,2-3,7,10-12,15H2,1H3,(H,32,33)(H,36,39). The molecule has 41 heavy (non-hydrogen) atoms. The van der Waals surface area contributed by atoms with Gasteiger partial charge in [-0.2, -0.15) is 10.2 Å². The lowest BCUT2D eigenvalue weighted by Gasteiger charge is -2.22. The highest BCUT2D eigenvalue weighted by atomic mass is 16.5. The molecule has 0 spiro atoms. The molecule has 2 N–H and O–H groups in total. The second-order valence-electron chi connectivity index (χ2n) is 10.5. The van der Waals surface area contributed by atoms with Gasteiger partial charge in [0, 0.05) is 72.3 Å². The number of aromatic nitrogens is 5. The number of carbonyl (C=O) groups excluding carboxylic acids is 1. The van der Waals surface area contributed by atoms with E-state index in [2.05, 4.69) is 20.8 Å². The Bertz CT molecular complexity index is 1740. The Hall–Kier alpha value is -4.70. The van der Waals surface area contributed by atoms with Crippen LogP contribution in [0.2, 0.25) is 0 Å². The summed E-state index contributed by atoms with van der Waals surface area (Å²) in [5, 5.41) is 16.2. The average Bonchev–Trinajstić information content (AvgIpc) is 3.77. The van der Waals surface area contributed by atoms with Gasteiger partial charge in [-0.1, -0.05) is 12.1 Å². The minimum atomic E-state index is -0.161. The summed E-state index contributed by atoms with van der Waals surface area (Å²) in [6.07, 6.45) is 11.5. The molecule has 0 bridgehead atoms. The Morgan fingerprint density at radius 1 is 1.07 bits per heavy atom. The lowest BCUT2D eigenvalue weighted by molar-refractivity contribution is -0.0394. The van der Waals surface area contributed by atoms with Crippen molar-refractivity contribution in [2.24, 2.45) is 7.05 Å². The van der Waals surface area contributed by atoms with E-state index in [0.29, 0.717) is 18.7 Å². The number of pyridine rings is 1. The van der Waals surface area contributed by atoms with Gasteiger partial charge in [0.25, 0.3) is 5.91 Å². The van der Waals surface area contributed by atoms with E-state index in [-0.39, 0.29) is 12.1 Å². The fraction of sp³-hybridized carbons (Fsp3) is 0.290. The van der Waals surface area contributed by atoms with E-state index >= 15 is 0 Å². The number of hydrogen-bond acceptors (Lipinski definition) is 7. The summed E-state index contributed by atoms with van der Waals surface area (Å²) in [6, 6.07) is 13.4. The first kappa shape index (κ1) is 25.3. The van der Waals surface area contributed by atoms with Crippen LogP contribution in [0.1, 0.15) is 47.0 Å². The molecular weight excluding hydrogens is 518 g/mol. The summed E-state index contributed by atoms with van der Waals surface area (Å²) in [6.45, 7) is 1.95. The maximum atomic E-state index is 12.9. The molecule has 0 radical (unpaired) electrons. The number of rotatable bonds is 7. The SMILES string of the molecule is Cn1ncc2cc(C(=O)Nc3cccc(CNc4ncc(-c5cnn(C6CCCCO6)c5)c5c4CCO5)c3)ccc21. The second-order valence-corrected chi connectivity index (χ2v) is 10.5. The molecule has 1 atom stereocenters. The van der Waals surface area contributed by atoms with Gasteiger partial charge in [0.2, 0.25) is 0 Å². The third kappa shape index (κ3) is 5.02. The molecule has 5 heterocycles. The van der Waals surface area contributed by atoms with Crippen LogP contribution in [-0.4, -0.2) is 43.7 Å². The van der Waals surface area contributed by atoms with Gasteiger partial charge in [0.1, 0.15) is 17.8 Å². The number of carbonyl (C=O) groups is 1. The van der Waals surface area contributed by atoms with Crippen molar-refractivity contribution in [3.05, 3.63) is 83.9 Å². The highest BCUT2D eigenvalue weighted by Gasteiger charge is 2.24. The molecule has 7 rings (SSSR count). The number of anilines is 2. The summed E-state index contributed by atoms with van der Waals surface area (Å²) in [5.74, 6) is 1.51. The van der Waals surface area contributed by atoms with E-state index in [1.165, 1.54) is 0 Å². The Kier molecular flexibility index (Phi) is 6.60. The van der Waals surface area contributed by atoms with Crippen molar-refractivity contribution in [1.29, 1.82) is 0 Å². The number of hydrogen-bond donors (Lipinski definition) is 2. The zero-order valence-electron chi connectivity index (χ0n) is 22.8. The van der Waals surface area contributed by atoms with Crippen LogP contribution in [0.15, 0.2) is 67.3 Å². The number of ether oxygens (including phenoxy) is 2. The highest BCUT2D eigenvalue weighted by molar-refractivity contribution is 6.06. The molecule has 0 aliphatic carbocycles. The minimum absolute atomic E-state index is 0.00853. The van der Waals surface area contributed by atoms with Crippen LogP contribution in [0.4, 0.5) is 11.5 Å². The normalized spacial score (nSPS) is 16.4. The zero-order chi connectivity index (χ0) is 27.8. The molecule has 208 valence electrons. The van der Waals surface area contributed by atoms with Crippen LogP contribution in [0, 0.1) is 0 Å². The number of benzene rings is 2. The molecule has 3 aromatic heterocycles. The van der Waals surface area contributed by atoms with Gasteiger partial charge in [-0.25, -0.2) is 9.67 Å². The molecule has 2 aromatic carbocycles. The van der Waals surface area contributed by atoms with Crippen molar-refractivity contribution < 1.29 is 14.3 Å². The lowest BCUT2D eigenvalue weighted by Crippen LogP contribution is -2.18. The quantitative estimate of drug-likeness (QED) is 0.283. The van der Waals surface area contributed by atoms with Crippen molar-refractivity contribution in [2.75, 3.05) is 23.8 Å². The number of amides is 1. The van der Waals surface area contributed by atoms with Crippen LogP contribution in [-0.2, 0) is 24.8 Å². The van der Waals surface area contributed by atoms with Gasteiger partial charge in [-0.3, -0.25) is 9.48 Å². The van der Waals surface area contributed by atoms with Crippen LogP contribution in [0.3, 0.4) is 0 Å². The van der Waals surface area contributed by atoms with Crippen LogP contribution >= 0.6 is 0 Å². The molecule has 1 unspecified atom stereocenters. The van der Waals surface area contributed by atoms with Crippen molar-refractivity contribution in [2.45, 2.75) is 38.5 Å². The van der Waals surface area contributed by atoms with E-state index in [4.69, 9.17) is 14.5 Å². The first-order valence-corrected chi connectivity index (χ1v) is 14.0. The zero-order valence-corrected chi connectivity index (χ0v) is 22.8. The molecule has 1 saturated heterocycles. The van der Waals surface area contributed by atoms with Gasteiger partial charge in [-0.15, -0.1) is 0 Å². The van der Waals surface area contributed by atoms with E-state index in [1.807, 2.05) is 72.8 Å². The summed E-state index contributed by atoms with van der Waals surface area (Å²) in [4.78, 5) is 17.7. The van der Waals surface area contributed by atoms with Crippen molar-refractivity contribution in [3.63, 3.8) is 0 Å². The number of nitrogens with zero attached hydrogens (tertiary/aromatic N) is 5. The third-order valence-corrected chi connectivity index (χ3v) is 7.74. The molecule has 2 aliphatic rings. The molecule has 1 fully saturated rings. The van der Waals surface area contributed by atoms with Crippen LogP contribution in [0.5, 0.6) is 5.75 Å². The van der Waals surface area contributed by atoms with Gasteiger partial charge in [0.05, 0.1) is 24.5 Å². The summed E-state index contributed by atoms with van der Waals surface area (Å²) in [5.41, 5.74) is 6.32. The molecule has 2 aliphatic heterocycles. The largest absolute Gasteiger partial charge is 0.492 e. The molecule has 0 saturated carbocycles. The highest BCUT2D eigenvalue weighted by Crippen LogP contribution is 2.40. The molecule has 5 aromatic rings. The van der Waals surface area contributed by atoms with Gasteiger partial charge in [0.15, 0.2) is 0 Å². The van der Waals surface area contributed by atoms with Crippen LogP contribution in [0.25, 0.3) is 22.0 Å². The summed E-state index contributed by atoms with van der Waals surface area (Å²) >= 11 is 0. The monoisotopic (exact) mass is 549 g/mol. The molecule has 10 nitrogen and oxygen atoms in total. The average molecular weight is 550 g/mol. The van der Waals surface area contributed by atoms with E-state index < -0.39 is 0 Å². The molecule has 1 amide bonds. The fourth-order valence-electron chi connectivity index (χ4n) is 5.57. The predicted molar refractivity (Wildman–Crippen MR) is 156 cm³/mol. The number of nitrogens with one attached hydrogen (secondary N) is 2.